The van der Waals surface area contributed by atoms with Gasteiger partial charge in [-0.2, -0.15) is 0 Å². The van der Waals surface area contributed by atoms with Crippen molar-refractivity contribution in [3.63, 3.8) is 0 Å². The molecule has 6 nitrogen and oxygen atoms in total. The van der Waals surface area contributed by atoms with Gasteiger partial charge in [-0.1, -0.05) is 80.9 Å². The number of carbonyl (C=O) groups is 2. The maximum atomic E-state index is 14.8. The van der Waals surface area contributed by atoms with E-state index in [2.05, 4.69) is 98.7 Å². The summed E-state index contributed by atoms with van der Waals surface area (Å²) in [6, 6.07) is 0. The summed E-state index contributed by atoms with van der Waals surface area (Å²) in [7, 11) is -4.58. The third kappa shape index (κ3) is 11.3. The maximum Gasteiger partial charge on any atom is 0.309 e. The van der Waals surface area contributed by atoms with Crippen LogP contribution < -0.4 is 0 Å². The molecule has 0 N–H and O–H groups in total. The number of ether oxygens (including phenoxy) is 1. The molecule has 0 saturated carbocycles. The van der Waals surface area contributed by atoms with Gasteiger partial charge in [0.05, 0.1) is 23.6 Å². The molecule has 0 fully saturated rings. The number of aromatic nitrogens is 1. The topological polar surface area (TPSA) is 74.7 Å². The molecule has 1 aliphatic rings. The van der Waals surface area contributed by atoms with Crippen LogP contribution in [0.4, 0.5) is 0 Å². The minimum absolute atomic E-state index is 0.00736. The first-order chi connectivity index (χ1) is 21.7. The van der Waals surface area contributed by atoms with Crippen molar-refractivity contribution in [3.8, 4) is 0 Å². The Morgan fingerprint density at radius 1 is 1.00 bits per heavy atom. The zero-order valence-corrected chi connectivity index (χ0v) is 36.4. The van der Waals surface area contributed by atoms with Crippen LogP contribution in [0.3, 0.4) is 0 Å². The third-order valence-corrected chi connectivity index (χ3v) is 21.3. The highest BCUT2D eigenvalue weighted by Gasteiger charge is 2.50. The standard InChI is InChI=1S/C39H69NO5SSi2/c1-26-19-18-20-27(2)35(45-48(16,17)38(9,10)11)29(4)36(42)39(12,13)33(44-47(14,15)37(6,7)8)24-34(41)43-32(22-21-26)28(3)23-31-25-40-30(5)46-31/h21,23,25,27,29,32-33,35H,18-20,22,24H2,1-17H3/b26-21-,28-23+. The second kappa shape index (κ2) is 16.3. The van der Waals surface area contributed by atoms with Crippen LogP contribution in [-0.2, 0) is 23.2 Å². The van der Waals surface area contributed by atoms with E-state index in [4.69, 9.17) is 13.6 Å². The lowest BCUT2D eigenvalue weighted by Gasteiger charge is -2.46. The number of thiazole rings is 1. The van der Waals surface area contributed by atoms with E-state index in [0.717, 1.165) is 34.7 Å². The van der Waals surface area contributed by atoms with Crippen LogP contribution in [-0.4, -0.2) is 51.7 Å². The summed E-state index contributed by atoms with van der Waals surface area (Å²) in [5.74, 6) is -0.423. The van der Waals surface area contributed by atoms with Crippen LogP contribution in [0.5, 0.6) is 0 Å². The fourth-order valence-corrected chi connectivity index (χ4v) is 9.53. The lowest BCUT2D eigenvalue weighted by Crippen LogP contribution is -2.54. The van der Waals surface area contributed by atoms with Crippen LogP contribution >= 0.6 is 11.3 Å². The van der Waals surface area contributed by atoms with Crippen molar-refractivity contribution >= 4 is 45.8 Å². The highest BCUT2D eigenvalue weighted by atomic mass is 32.1. The second-order valence-corrected chi connectivity index (χ2v) is 28.9. The Morgan fingerprint density at radius 3 is 2.08 bits per heavy atom. The molecule has 0 saturated heterocycles. The van der Waals surface area contributed by atoms with Crippen molar-refractivity contribution in [2.45, 2.75) is 177 Å². The smallest absolute Gasteiger partial charge is 0.309 e. The first-order valence-corrected chi connectivity index (χ1v) is 24.7. The highest BCUT2D eigenvalue weighted by molar-refractivity contribution is 7.12. The number of aryl methyl sites for hydroxylation is 1. The van der Waals surface area contributed by atoms with Gasteiger partial charge in [0.25, 0.3) is 0 Å². The minimum Gasteiger partial charge on any atom is -0.457 e. The zero-order valence-electron chi connectivity index (χ0n) is 33.6. The van der Waals surface area contributed by atoms with Crippen molar-refractivity contribution in [1.82, 2.24) is 4.98 Å². The van der Waals surface area contributed by atoms with E-state index in [1.165, 1.54) is 5.57 Å². The van der Waals surface area contributed by atoms with Crippen molar-refractivity contribution in [2.75, 3.05) is 0 Å². The Kier molecular flexibility index (Phi) is 14.5. The molecule has 48 heavy (non-hydrogen) atoms. The lowest BCUT2D eigenvalue weighted by molar-refractivity contribution is -0.153. The number of ketones is 1. The van der Waals surface area contributed by atoms with Gasteiger partial charge >= 0.3 is 5.97 Å². The molecule has 1 aromatic rings. The number of hydrogen-bond donors (Lipinski definition) is 0. The van der Waals surface area contributed by atoms with Crippen LogP contribution in [0.1, 0.15) is 125 Å². The number of esters is 1. The van der Waals surface area contributed by atoms with Gasteiger partial charge in [-0.25, -0.2) is 4.98 Å². The molecule has 2 rings (SSSR count). The average molecular weight is 720 g/mol. The summed E-state index contributed by atoms with van der Waals surface area (Å²) >= 11 is 1.62. The zero-order chi connectivity index (χ0) is 37.0. The fourth-order valence-electron chi connectivity index (χ4n) is 5.82. The van der Waals surface area contributed by atoms with E-state index < -0.39 is 34.3 Å². The number of hydrogen-bond acceptors (Lipinski definition) is 7. The predicted molar refractivity (Wildman–Crippen MR) is 208 cm³/mol. The molecular weight excluding hydrogens is 651 g/mol. The molecule has 0 aromatic carbocycles. The maximum absolute atomic E-state index is 14.8. The number of rotatable bonds is 6. The molecule has 0 spiro atoms. The molecular formula is C39H69NO5SSi2. The second-order valence-electron chi connectivity index (χ2n) is 18.1. The van der Waals surface area contributed by atoms with E-state index in [1.54, 1.807) is 11.3 Å². The van der Waals surface area contributed by atoms with Gasteiger partial charge in [0.15, 0.2) is 16.6 Å². The van der Waals surface area contributed by atoms with Crippen molar-refractivity contribution in [3.05, 3.63) is 33.3 Å². The summed E-state index contributed by atoms with van der Waals surface area (Å²) in [6.45, 7) is 36.7. The Bertz CT molecular complexity index is 1310. The summed E-state index contributed by atoms with van der Waals surface area (Å²) in [4.78, 5) is 34.3. The number of carbonyl (C=O) groups excluding carboxylic acids is 2. The molecule has 0 radical (unpaired) electrons. The molecule has 9 heteroatoms. The third-order valence-electron chi connectivity index (χ3n) is 11.4. The predicted octanol–water partition coefficient (Wildman–Crippen LogP) is 11.3. The highest BCUT2D eigenvalue weighted by Crippen LogP contribution is 2.44. The molecule has 5 atom stereocenters. The van der Waals surface area contributed by atoms with E-state index >= 15 is 0 Å². The summed E-state index contributed by atoms with van der Waals surface area (Å²) in [5, 5.41) is 0.910. The minimum atomic E-state index is -2.39. The van der Waals surface area contributed by atoms with Crippen molar-refractivity contribution in [2.24, 2.45) is 17.3 Å². The van der Waals surface area contributed by atoms with Crippen LogP contribution in [0, 0.1) is 24.2 Å². The normalized spacial score (nSPS) is 27.7. The van der Waals surface area contributed by atoms with Crippen LogP contribution in [0.15, 0.2) is 23.4 Å². The lowest BCUT2D eigenvalue weighted by atomic mass is 9.73. The quantitative estimate of drug-likeness (QED) is 0.165. The summed E-state index contributed by atoms with van der Waals surface area (Å²) in [6.07, 6.45) is 8.41. The number of Topliss-reactive ketones (excluding diaryl/α,β-unsaturated/α-hetero) is 1. The van der Waals surface area contributed by atoms with E-state index in [9.17, 15) is 9.59 Å². The molecule has 0 aliphatic carbocycles. The number of cyclic esters (lactones) is 1. The van der Waals surface area contributed by atoms with Gasteiger partial charge in [0.1, 0.15) is 11.9 Å². The average Bonchev–Trinajstić information content (AvgIpc) is 3.34. The largest absolute Gasteiger partial charge is 0.457 e. The van der Waals surface area contributed by atoms with Crippen LogP contribution in [0.2, 0.25) is 36.3 Å². The fraction of sp³-hybridized carbons (Fsp3) is 0.769. The summed E-state index contributed by atoms with van der Waals surface area (Å²) < 4.78 is 20.5. The number of allylic oxidation sites excluding steroid dienone is 1. The Hall–Kier alpha value is -1.40. The van der Waals surface area contributed by atoms with Gasteiger partial charge in [-0.3, -0.25) is 9.59 Å². The van der Waals surface area contributed by atoms with Crippen molar-refractivity contribution < 1.29 is 23.2 Å². The molecule has 0 bridgehead atoms. The van der Waals surface area contributed by atoms with Crippen molar-refractivity contribution in [1.29, 1.82) is 0 Å². The van der Waals surface area contributed by atoms with E-state index in [1.807, 2.05) is 40.8 Å². The Morgan fingerprint density at radius 2 is 1.56 bits per heavy atom. The molecule has 274 valence electrons. The SMILES string of the molecule is C/C1=C/CC(/C(C)=C/c2cnc(C)s2)OC(=O)CC(O[Si](C)(C)C(C)(C)C)C(C)(C)C(=O)C(C)C(O[Si](C)(C)C(C)(C)C)C(C)CCC1. The van der Waals surface area contributed by atoms with Crippen LogP contribution in [0.25, 0.3) is 6.08 Å². The molecule has 2 heterocycles. The summed E-state index contributed by atoms with van der Waals surface area (Å²) in [5.41, 5.74) is 1.31. The van der Waals surface area contributed by atoms with Gasteiger partial charge in [-0.05, 0) is 93.9 Å². The molecule has 1 aromatic heterocycles. The Balaban J connectivity index is 2.66. The first-order valence-electron chi connectivity index (χ1n) is 18.0. The van der Waals surface area contributed by atoms with Gasteiger partial charge in [-0.15, -0.1) is 11.3 Å². The van der Waals surface area contributed by atoms with Gasteiger partial charge < -0.3 is 13.6 Å². The first kappa shape index (κ1) is 42.8. The number of nitrogens with zero attached hydrogens (tertiary/aromatic N) is 1. The molecule has 5 unspecified atom stereocenters. The monoisotopic (exact) mass is 719 g/mol. The molecule has 1 aliphatic heterocycles. The molecule has 0 amide bonds. The van der Waals surface area contributed by atoms with E-state index in [-0.39, 0.29) is 46.2 Å². The van der Waals surface area contributed by atoms with Gasteiger partial charge in [0, 0.05) is 28.8 Å². The van der Waals surface area contributed by atoms with Gasteiger partial charge in [0.2, 0.25) is 0 Å². The Labute approximate surface area is 300 Å². The van der Waals surface area contributed by atoms with E-state index in [0.29, 0.717) is 6.42 Å².